The smallest absolute Gasteiger partial charge is 0.264 e. The first kappa shape index (κ1) is 20.7. The van der Waals surface area contributed by atoms with Crippen LogP contribution < -0.4 is 18.9 Å². The van der Waals surface area contributed by atoms with Crippen LogP contribution in [0.3, 0.4) is 0 Å². The topological polar surface area (TPSA) is 57.2 Å². The first-order chi connectivity index (χ1) is 15.7. The van der Waals surface area contributed by atoms with Crippen LogP contribution in [0, 0.1) is 0 Å². The van der Waals surface area contributed by atoms with Crippen molar-refractivity contribution in [1.82, 2.24) is 4.90 Å². The van der Waals surface area contributed by atoms with E-state index in [2.05, 4.69) is 0 Å². The molecule has 32 heavy (non-hydrogen) atoms. The summed E-state index contributed by atoms with van der Waals surface area (Å²) < 4.78 is 22.2. The molecule has 0 spiro atoms. The van der Waals surface area contributed by atoms with E-state index in [0.29, 0.717) is 19.8 Å². The summed E-state index contributed by atoms with van der Waals surface area (Å²) in [7, 11) is 3.29. The van der Waals surface area contributed by atoms with Crippen molar-refractivity contribution in [1.29, 1.82) is 0 Å². The molecule has 1 aliphatic heterocycles. The Labute approximate surface area is 191 Å². The van der Waals surface area contributed by atoms with Gasteiger partial charge in [-0.3, -0.25) is 4.79 Å². The molecule has 1 fully saturated rings. The highest BCUT2D eigenvalue weighted by atomic mass is 32.1. The molecular formula is C25H25NO5S. The Kier molecular flexibility index (Phi) is 5.66. The average molecular weight is 452 g/mol. The number of carbonyl (C=O) groups is 1. The van der Waals surface area contributed by atoms with Gasteiger partial charge >= 0.3 is 0 Å². The molecule has 0 bridgehead atoms. The summed E-state index contributed by atoms with van der Waals surface area (Å²) >= 11 is 1.50. The van der Waals surface area contributed by atoms with E-state index in [4.69, 9.17) is 18.9 Å². The number of hydrogen-bond donors (Lipinski definition) is 0. The average Bonchev–Trinajstić information content (AvgIpc) is 3.56. The molecule has 2 aromatic carbocycles. The van der Waals surface area contributed by atoms with Gasteiger partial charge in [-0.1, -0.05) is 0 Å². The number of thiophene rings is 1. The number of rotatable bonds is 7. The maximum absolute atomic E-state index is 13.5. The summed E-state index contributed by atoms with van der Waals surface area (Å²) in [5.74, 6) is 3.07. The van der Waals surface area contributed by atoms with Gasteiger partial charge in [-0.2, -0.15) is 0 Å². The van der Waals surface area contributed by atoms with E-state index in [1.165, 1.54) is 11.3 Å². The van der Waals surface area contributed by atoms with Gasteiger partial charge in [0.15, 0.2) is 11.5 Å². The van der Waals surface area contributed by atoms with Gasteiger partial charge in [-0.15, -0.1) is 11.3 Å². The molecule has 0 N–H and O–H groups in total. The van der Waals surface area contributed by atoms with Gasteiger partial charge in [0, 0.05) is 16.5 Å². The highest BCUT2D eigenvalue weighted by Gasteiger charge is 2.34. The summed E-state index contributed by atoms with van der Waals surface area (Å²) in [6.07, 6.45) is 2.05. The normalized spacial score (nSPS) is 14.7. The zero-order valence-electron chi connectivity index (χ0n) is 18.1. The van der Waals surface area contributed by atoms with Crippen LogP contribution in [0.4, 0.5) is 0 Å². The van der Waals surface area contributed by atoms with Gasteiger partial charge in [-0.25, -0.2) is 0 Å². The molecule has 6 nitrogen and oxygen atoms in total. The third-order valence-electron chi connectivity index (χ3n) is 5.72. The molecule has 0 atom stereocenters. The van der Waals surface area contributed by atoms with Gasteiger partial charge in [0.2, 0.25) is 0 Å². The first-order valence-electron chi connectivity index (χ1n) is 10.7. The fourth-order valence-electron chi connectivity index (χ4n) is 3.89. The van der Waals surface area contributed by atoms with Crippen molar-refractivity contribution in [3.63, 3.8) is 0 Å². The molecule has 3 aromatic rings. The first-order valence-corrected chi connectivity index (χ1v) is 11.5. The molecule has 7 heteroatoms. The van der Waals surface area contributed by atoms with Crippen molar-refractivity contribution >= 4 is 17.2 Å². The quantitative estimate of drug-likeness (QED) is 0.506. The van der Waals surface area contributed by atoms with Crippen LogP contribution in [0.5, 0.6) is 23.0 Å². The van der Waals surface area contributed by atoms with E-state index >= 15 is 0 Å². The number of carbonyl (C=O) groups excluding carboxylic acids is 1. The largest absolute Gasteiger partial charge is 0.497 e. The summed E-state index contributed by atoms with van der Waals surface area (Å²) in [6, 6.07) is 15.8. The zero-order valence-corrected chi connectivity index (χ0v) is 18.9. The van der Waals surface area contributed by atoms with Crippen LogP contribution in [0.25, 0.3) is 10.4 Å². The molecule has 1 saturated carbocycles. The van der Waals surface area contributed by atoms with Crippen LogP contribution >= 0.6 is 11.3 Å². The zero-order chi connectivity index (χ0) is 22.1. The van der Waals surface area contributed by atoms with E-state index in [0.717, 1.165) is 56.7 Å². The number of benzene rings is 2. The molecule has 1 aliphatic carbocycles. The molecule has 2 heterocycles. The molecule has 0 radical (unpaired) electrons. The number of ether oxygens (including phenoxy) is 4. The molecule has 2 aliphatic rings. The Hall–Kier alpha value is -3.19. The lowest BCUT2D eigenvalue weighted by atomic mass is 10.1. The Balaban J connectivity index is 1.39. The molecule has 1 amide bonds. The van der Waals surface area contributed by atoms with Crippen molar-refractivity contribution in [2.24, 2.45) is 0 Å². The lowest BCUT2D eigenvalue weighted by Crippen LogP contribution is -2.32. The Morgan fingerprint density at radius 2 is 1.81 bits per heavy atom. The van der Waals surface area contributed by atoms with Crippen LogP contribution in [0.2, 0.25) is 0 Å². The van der Waals surface area contributed by atoms with Crippen molar-refractivity contribution in [3.05, 3.63) is 59.0 Å². The minimum absolute atomic E-state index is 0.0474. The number of fused-ring (bicyclic) bond motifs is 1. The van der Waals surface area contributed by atoms with Crippen LogP contribution in [-0.4, -0.2) is 44.3 Å². The second-order valence-electron chi connectivity index (χ2n) is 7.86. The van der Waals surface area contributed by atoms with Crippen LogP contribution in [0.15, 0.2) is 48.5 Å². The van der Waals surface area contributed by atoms with Gasteiger partial charge < -0.3 is 23.8 Å². The van der Waals surface area contributed by atoms with Gasteiger partial charge in [0.25, 0.3) is 5.91 Å². The lowest BCUT2D eigenvalue weighted by molar-refractivity contribution is 0.0733. The molecule has 0 unspecified atom stereocenters. The Morgan fingerprint density at radius 3 is 2.56 bits per heavy atom. The molecule has 0 saturated heterocycles. The number of amides is 1. The van der Waals surface area contributed by atoms with E-state index in [1.54, 1.807) is 14.2 Å². The Bertz CT molecular complexity index is 1140. The van der Waals surface area contributed by atoms with E-state index in [-0.39, 0.29) is 11.9 Å². The maximum atomic E-state index is 13.5. The van der Waals surface area contributed by atoms with E-state index < -0.39 is 0 Å². The van der Waals surface area contributed by atoms with Crippen molar-refractivity contribution < 1.29 is 23.7 Å². The molecular weight excluding hydrogens is 426 g/mol. The molecule has 166 valence electrons. The third kappa shape index (κ3) is 4.12. The second-order valence-corrected chi connectivity index (χ2v) is 8.95. The molecule has 1 aromatic heterocycles. The second kappa shape index (κ2) is 8.74. The summed E-state index contributed by atoms with van der Waals surface area (Å²) in [5.41, 5.74) is 1.96. The number of nitrogens with zero attached hydrogens (tertiary/aromatic N) is 1. The monoisotopic (exact) mass is 451 g/mol. The number of methoxy groups -OCH3 is 2. The van der Waals surface area contributed by atoms with Gasteiger partial charge in [0.1, 0.15) is 24.7 Å². The summed E-state index contributed by atoms with van der Waals surface area (Å²) in [4.78, 5) is 17.2. The highest BCUT2D eigenvalue weighted by Crippen LogP contribution is 2.38. The van der Waals surface area contributed by atoms with E-state index in [1.807, 2.05) is 53.4 Å². The number of hydrogen-bond acceptors (Lipinski definition) is 6. The highest BCUT2D eigenvalue weighted by molar-refractivity contribution is 7.17. The summed E-state index contributed by atoms with van der Waals surface area (Å²) in [5, 5.41) is 0. The SMILES string of the molecule is COc1ccc(OC)c(CN(C(=O)c2ccc(-c3ccc4c(c3)OCCO4)s2)C2CC2)c1. The van der Waals surface area contributed by atoms with E-state index in [9.17, 15) is 4.79 Å². The lowest BCUT2D eigenvalue weighted by Gasteiger charge is -2.23. The Morgan fingerprint density at radius 1 is 1.00 bits per heavy atom. The maximum Gasteiger partial charge on any atom is 0.264 e. The van der Waals surface area contributed by atoms with Crippen LogP contribution in [-0.2, 0) is 6.54 Å². The molecule has 5 rings (SSSR count). The fraction of sp³-hybridized carbons (Fsp3) is 0.320. The third-order valence-corrected chi connectivity index (χ3v) is 6.84. The summed E-state index contributed by atoms with van der Waals surface area (Å²) in [6.45, 7) is 1.61. The van der Waals surface area contributed by atoms with Gasteiger partial charge in [0.05, 0.1) is 25.6 Å². The predicted molar refractivity (Wildman–Crippen MR) is 123 cm³/mol. The fourth-order valence-corrected chi connectivity index (χ4v) is 4.85. The van der Waals surface area contributed by atoms with Crippen molar-refractivity contribution in [3.8, 4) is 33.4 Å². The minimum Gasteiger partial charge on any atom is -0.497 e. The standard InChI is InChI=1S/C25H25NO5S/c1-28-19-6-8-20(29-2)17(13-19)15-26(18-4-5-18)25(27)24-10-9-23(32-24)16-3-7-21-22(14-16)31-12-11-30-21/h3,6-10,13-14,18H,4-5,11-12,15H2,1-2H3. The van der Waals surface area contributed by atoms with Crippen molar-refractivity contribution in [2.75, 3.05) is 27.4 Å². The predicted octanol–water partition coefficient (Wildman–Crippen LogP) is 5.01. The van der Waals surface area contributed by atoms with Crippen molar-refractivity contribution in [2.45, 2.75) is 25.4 Å². The van der Waals surface area contributed by atoms with Gasteiger partial charge in [-0.05, 0) is 66.9 Å². The minimum atomic E-state index is 0.0474. The van der Waals surface area contributed by atoms with Crippen LogP contribution in [0.1, 0.15) is 28.1 Å².